The van der Waals surface area contributed by atoms with E-state index >= 15 is 0 Å². The molecule has 6 nitrogen and oxygen atoms in total. The van der Waals surface area contributed by atoms with Gasteiger partial charge in [-0.05, 0) is 54.8 Å². The highest BCUT2D eigenvalue weighted by Crippen LogP contribution is 2.42. The zero-order valence-electron chi connectivity index (χ0n) is 16.4. The molecule has 31 heavy (non-hydrogen) atoms. The van der Waals surface area contributed by atoms with Gasteiger partial charge in [0.2, 0.25) is 0 Å². The van der Waals surface area contributed by atoms with E-state index in [1.54, 1.807) is 35.0 Å². The number of carbonyl (C=O) groups excluding carboxylic acids is 2. The van der Waals surface area contributed by atoms with E-state index in [0.717, 1.165) is 24.1 Å². The highest BCUT2D eigenvalue weighted by molar-refractivity contribution is 6.31. The number of fused-ring (bicyclic) bond motifs is 1. The molecule has 3 aromatic rings. The van der Waals surface area contributed by atoms with Crippen LogP contribution in [0.15, 0.2) is 66.0 Å². The Hall–Kier alpha value is -3.09. The van der Waals surface area contributed by atoms with Crippen LogP contribution < -0.4 is 10.6 Å². The normalized spacial score (nSPS) is 17.6. The number of nitrogens with zero attached hydrogens (tertiary/aromatic N) is 2. The number of hydrogen-bond acceptors (Lipinski definition) is 4. The van der Waals surface area contributed by atoms with Crippen LogP contribution in [0.3, 0.4) is 0 Å². The van der Waals surface area contributed by atoms with Crippen LogP contribution in [0.1, 0.15) is 41.2 Å². The van der Waals surface area contributed by atoms with Crippen molar-refractivity contribution in [3.8, 4) is 0 Å². The fourth-order valence-corrected chi connectivity index (χ4v) is 4.47. The van der Waals surface area contributed by atoms with E-state index in [0.29, 0.717) is 39.1 Å². The molecule has 0 saturated heterocycles. The fourth-order valence-electron chi connectivity index (χ4n) is 4.14. The molecule has 1 amide bonds. The van der Waals surface area contributed by atoms with Gasteiger partial charge >= 0.3 is 0 Å². The molecule has 1 aromatic heterocycles. The molecule has 5 rings (SSSR count). The maximum atomic E-state index is 13.0. The van der Waals surface area contributed by atoms with E-state index in [2.05, 4.69) is 15.7 Å². The van der Waals surface area contributed by atoms with Crippen LogP contribution in [0, 0.1) is 0 Å². The summed E-state index contributed by atoms with van der Waals surface area (Å²) in [7, 11) is 0. The van der Waals surface area contributed by atoms with Gasteiger partial charge in [-0.25, -0.2) is 4.68 Å². The molecule has 8 heteroatoms. The van der Waals surface area contributed by atoms with E-state index in [4.69, 9.17) is 23.2 Å². The van der Waals surface area contributed by atoms with Crippen molar-refractivity contribution >= 4 is 46.4 Å². The standard InChI is InChI=1S/C23H18Cl2N4O2/c24-14-7-9-16(10-8-14)27-23(31)17-12-26-29-21(13-3-1-4-15(25)11-13)20-18(28-22(17)29)5-2-6-19(20)30/h1,3-4,7-12,21,28H,2,5-6H2,(H,27,31). The maximum Gasteiger partial charge on any atom is 0.261 e. The van der Waals surface area contributed by atoms with E-state index in [1.807, 2.05) is 18.2 Å². The molecule has 1 aliphatic carbocycles. The summed E-state index contributed by atoms with van der Waals surface area (Å²) in [6.07, 6.45) is 3.53. The van der Waals surface area contributed by atoms with Crippen molar-refractivity contribution in [2.45, 2.75) is 25.3 Å². The van der Waals surface area contributed by atoms with E-state index in [-0.39, 0.29) is 11.7 Å². The number of ketones is 1. The molecule has 0 radical (unpaired) electrons. The number of Topliss-reactive ketones (excluding diaryl/α,β-unsaturated/α-hetero) is 1. The number of hydrogen-bond donors (Lipinski definition) is 2. The first kappa shape index (κ1) is 19.8. The summed E-state index contributed by atoms with van der Waals surface area (Å²) >= 11 is 12.2. The van der Waals surface area contributed by atoms with Gasteiger partial charge in [0, 0.05) is 33.4 Å². The van der Waals surface area contributed by atoms with Crippen molar-refractivity contribution in [1.82, 2.24) is 9.78 Å². The minimum absolute atomic E-state index is 0.0899. The van der Waals surface area contributed by atoms with E-state index < -0.39 is 6.04 Å². The fraction of sp³-hybridized carbons (Fsp3) is 0.174. The van der Waals surface area contributed by atoms with Crippen molar-refractivity contribution in [2.75, 3.05) is 10.6 Å². The second-order valence-electron chi connectivity index (χ2n) is 7.56. The summed E-state index contributed by atoms with van der Waals surface area (Å²) in [5, 5.41) is 11.8. The molecule has 0 fully saturated rings. The first-order valence-electron chi connectivity index (χ1n) is 9.94. The Morgan fingerprint density at radius 1 is 1.10 bits per heavy atom. The molecular formula is C23H18Cl2N4O2. The van der Waals surface area contributed by atoms with Gasteiger partial charge in [0.05, 0.1) is 6.20 Å². The summed E-state index contributed by atoms with van der Waals surface area (Å²) in [6.45, 7) is 0. The molecule has 2 heterocycles. The first-order valence-corrected chi connectivity index (χ1v) is 10.7. The molecule has 2 aromatic carbocycles. The third-order valence-corrected chi connectivity index (χ3v) is 6.04. The van der Waals surface area contributed by atoms with Gasteiger partial charge < -0.3 is 10.6 Å². The maximum absolute atomic E-state index is 13.0. The van der Waals surface area contributed by atoms with Gasteiger partial charge in [-0.2, -0.15) is 5.10 Å². The Kier molecular flexibility index (Phi) is 5.04. The predicted molar refractivity (Wildman–Crippen MR) is 121 cm³/mol. The van der Waals surface area contributed by atoms with Crippen molar-refractivity contribution in [3.05, 3.63) is 87.2 Å². The van der Waals surface area contributed by atoms with Crippen molar-refractivity contribution < 1.29 is 9.59 Å². The molecule has 2 N–H and O–H groups in total. The third kappa shape index (κ3) is 3.62. The number of rotatable bonds is 3. The monoisotopic (exact) mass is 452 g/mol. The number of carbonyl (C=O) groups is 2. The number of nitrogens with one attached hydrogen (secondary N) is 2. The molecule has 0 bridgehead atoms. The van der Waals surface area contributed by atoms with Crippen LogP contribution in [0.2, 0.25) is 10.0 Å². The number of allylic oxidation sites excluding steroid dienone is 2. The van der Waals surface area contributed by atoms with Gasteiger partial charge in [-0.15, -0.1) is 0 Å². The summed E-state index contributed by atoms with van der Waals surface area (Å²) < 4.78 is 1.70. The molecule has 1 aliphatic heterocycles. The van der Waals surface area contributed by atoms with Crippen LogP contribution in [0.5, 0.6) is 0 Å². The lowest BCUT2D eigenvalue weighted by molar-refractivity contribution is -0.116. The lowest BCUT2D eigenvalue weighted by Crippen LogP contribution is -2.32. The van der Waals surface area contributed by atoms with Gasteiger partial charge in [0.25, 0.3) is 5.91 Å². The Bertz CT molecular complexity index is 1230. The number of amides is 1. The number of halogens is 2. The molecule has 156 valence electrons. The predicted octanol–water partition coefficient (Wildman–Crippen LogP) is 5.46. The Labute approximate surface area is 188 Å². The third-order valence-electron chi connectivity index (χ3n) is 5.55. The lowest BCUT2D eigenvalue weighted by Gasteiger charge is -2.33. The molecular weight excluding hydrogens is 435 g/mol. The highest BCUT2D eigenvalue weighted by Gasteiger charge is 2.37. The Balaban J connectivity index is 1.57. The zero-order chi connectivity index (χ0) is 21.5. The number of benzene rings is 2. The molecule has 2 aliphatic rings. The van der Waals surface area contributed by atoms with Gasteiger partial charge in [-0.1, -0.05) is 35.3 Å². The Morgan fingerprint density at radius 2 is 1.90 bits per heavy atom. The van der Waals surface area contributed by atoms with Crippen molar-refractivity contribution in [1.29, 1.82) is 0 Å². The van der Waals surface area contributed by atoms with Gasteiger partial charge in [-0.3, -0.25) is 9.59 Å². The average molecular weight is 453 g/mol. The second-order valence-corrected chi connectivity index (χ2v) is 8.44. The molecule has 0 saturated carbocycles. The van der Waals surface area contributed by atoms with Crippen LogP contribution in [-0.2, 0) is 4.79 Å². The van der Waals surface area contributed by atoms with Crippen LogP contribution in [0.4, 0.5) is 11.5 Å². The quantitative estimate of drug-likeness (QED) is 0.552. The lowest BCUT2D eigenvalue weighted by atomic mass is 9.85. The van der Waals surface area contributed by atoms with E-state index in [9.17, 15) is 9.59 Å². The summed E-state index contributed by atoms with van der Waals surface area (Å²) in [5.41, 5.74) is 3.41. The SMILES string of the molecule is O=C1CCCC2=C1C(c1cccc(Cl)c1)n1ncc(C(=O)Nc3ccc(Cl)cc3)c1N2. The largest absolute Gasteiger partial charge is 0.343 e. The number of aromatic nitrogens is 2. The van der Waals surface area contributed by atoms with Crippen LogP contribution in [-0.4, -0.2) is 21.5 Å². The first-order chi connectivity index (χ1) is 15.0. The van der Waals surface area contributed by atoms with Crippen molar-refractivity contribution in [2.24, 2.45) is 0 Å². The summed E-state index contributed by atoms with van der Waals surface area (Å²) in [4.78, 5) is 25.9. The molecule has 1 atom stereocenters. The van der Waals surface area contributed by atoms with Gasteiger partial charge in [0.1, 0.15) is 17.4 Å². The second kappa shape index (κ2) is 7.87. The molecule has 0 spiro atoms. The van der Waals surface area contributed by atoms with Crippen LogP contribution in [0.25, 0.3) is 0 Å². The molecule has 1 unspecified atom stereocenters. The topological polar surface area (TPSA) is 76.0 Å². The summed E-state index contributed by atoms with van der Waals surface area (Å²) in [6, 6.07) is 13.9. The zero-order valence-corrected chi connectivity index (χ0v) is 17.9. The smallest absolute Gasteiger partial charge is 0.261 e. The number of anilines is 2. The van der Waals surface area contributed by atoms with Crippen molar-refractivity contribution in [3.63, 3.8) is 0 Å². The summed E-state index contributed by atoms with van der Waals surface area (Å²) in [5.74, 6) is 0.351. The Morgan fingerprint density at radius 3 is 2.68 bits per heavy atom. The van der Waals surface area contributed by atoms with E-state index in [1.165, 1.54) is 6.20 Å². The minimum Gasteiger partial charge on any atom is -0.343 e. The average Bonchev–Trinajstić information content (AvgIpc) is 3.18. The minimum atomic E-state index is -0.435. The highest BCUT2D eigenvalue weighted by atomic mass is 35.5. The van der Waals surface area contributed by atoms with Gasteiger partial charge in [0.15, 0.2) is 5.78 Å². The van der Waals surface area contributed by atoms with Crippen LogP contribution >= 0.6 is 23.2 Å².